The first kappa shape index (κ1) is 9.62. The fourth-order valence-corrected chi connectivity index (χ4v) is 1.29. The van der Waals surface area contributed by atoms with Gasteiger partial charge in [0.25, 0.3) is 0 Å². The Morgan fingerprint density at radius 2 is 1.92 bits per heavy atom. The molecule has 0 aliphatic heterocycles. The minimum atomic E-state index is -0.320. The molecule has 1 aromatic rings. The summed E-state index contributed by atoms with van der Waals surface area (Å²) < 4.78 is 0. The van der Waals surface area contributed by atoms with Gasteiger partial charge in [0.2, 0.25) is 0 Å². The molecule has 1 nitrogen and oxygen atoms in total. The van der Waals surface area contributed by atoms with Crippen molar-refractivity contribution >= 4 is 12.6 Å². The number of hydrogen-bond acceptors (Lipinski definition) is 2. The molecule has 1 atom stereocenters. The van der Waals surface area contributed by atoms with Gasteiger partial charge < -0.3 is 5.11 Å². The monoisotopic (exact) mass is 182 g/mol. The highest BCUT2D eigenvalue weighted by atomic mass is 32.1. The molecule has 1 aromatic carbocycles. The fourth-order valence-electron chi connectivity index (χ4n) is 1.08. The zero-order valence-corrected chi connectivity index (χ0v) is 8.09. The molecule has 0 aromatic heterocycles. The summed E-state index contributed by atoms with van der Waals surface area (Å²) in [6.07, 6.45) is 0.444. The first-order chi connectivity index (χ1) is 5.77. The van der Waals surface area contributed by atoms with E-state index in [0.717, 1.165) is 17.7 Å². The molecular weight excluding hydrogens is 168 g/mol. The van der Waals surface area contributed by atoms with E-state index in [2.05, 4.69) is 12.6 Å². The van der Waals surface area contributed by atoms with Gasteiger partial charge in [0.1, 0.15) is 0 Å². The summed E-state index contributed by atoms with van der Waals surface area (Å²) in [5.41, 5.74) is 2.17. The lowest BCUT2D eigenvalue weighted by molar-refractivity contribution is 0.173. The summed E-state index contributed by atoms with van der Waals surface area (Å²) in [7, 11) is 0. The molecule has 1 rings (SSSR count). The van der Waals surface area contributed by atoms with Gasteiger partial charge in [0.05, 0.1) is 6.10 Å². The minimum Gasteiger partial charge on any atom is -0.388 e. The lowest BCUT2D eigenvalue weighted by Gasteiger charge is -2.07. The zero-order chi connectivity index (χ0) is 8.97. The van der Waals surface area contributed by atoms with Gasteiger partial charge in [-0.15, -0.1) is 0 Å². The second kappa shape index (κ2) is 4.53. The Bertz CT molecular complexity index is 230. The van der Waals surface area contributed by atoms with Gasteiger partial charge in [-0.25, -0.2) is 0 Å². The van der Waals surface area contributed by atoms with Crippen LogP contribution in [0.25, 0.3) is 0 Å². The summed E-state index contributed by atoms with van der Waals surface area (Å²) in [4.78, 5) is 0. The maximum absolute atomic E-state index is 9.47. The molecule has 66 valence electrons. The van der Waals surface area contributed by atoms with Crippen LogP contribution in [0.15, 0.2) is 24.3 Å². The van der Waals surface area contributed by atoms with Crippen molar-refractivity contribution in [3.05, 3.63) is 35.4 Å². The van der Waals surface area contributed by atoms with Crippen LogP contribution in [0.2, 0.25) is 0 Å². The summed E-state index contributed by atoms with van der Waals surface area (Å²) in [6.45, 7) is 1.97. The molecule has 0 radical (unpaired) electrons. The van der Waals surface area contributed by atoms with Crippen LogP contribution in [0.1, 0.15) is 30.6 Å². The highest BCUT2D eigenvalue weighted by Gasteiger charge is 2.02. The van der Waals surface area contributed by atoms with Crippen molar-refractivity contribution in [1.29, 1.82) is 0 Å². The summed E-state index contributed by atoms with van der Waals surface area (Å²) in [6, 6.07) is 7.92. The Hall–Kier alpha value is -0.470. The Morgan fingerprint density at radius 1 is 1.33 bits per heavy atom. The van der Waals surface area contributed by atoms with Crippen molar-refractivity contribution in [2.45, 2.75) is 25.2 Å². The largest absolute Gasteiger partial charge is 0.388 e. The predicted octanol–water partition coefficient (Wildman–Crippen LogP) is 2.56. The summed E-state index contributed by atoms with van der Waals surface area (Å²) in [5, 5.41) is 9.47. The number of aliphatic hydroxyl groups is 1. The molecule has 0 amide bonds. The lowest BCUT2D eigenvalue weighted by Crippen LogP contribution is -1.94. The van der Waals surface area contributed by atoms with Gasteiger partial charge in [-0.05, 0) is 17.5 Å². The standard InChI is InChI=1S/C10H14OS/c1-2-10(11)9-5-3-8(7-12)4-6-9/h3-6,10-12H,2,7H2,1H3. The molecule has 0 heterocycles. The number of aliphatic hydroxyl groups excluding tert-OH is 1. The lowest BCUT2D eigenvalue weighted by atomic mass is 10.1. The zero-order valence-electron chi connectivity index (χ0n) is 7.20. The molecule has 0 spiro atoms. The fraction of sp³-hybridized carbons (Fsp3) is 0.400. The molecule has 0 fully saturated rings. The maximum atomic E-state index is 9.47. The number of thiol groups is 1. The number of benzene rings is 1. The summed E-state index contributed by atoms with van der Waals surface area (Å²) in [5.74, 6) is 0.752. The molecule has 2 heteroatoms. The van der Waals surface area contributed by atoms with E-state index >= 15 is 0 Å². The van der Waals surface area contributed by atoms with E-state index in [9.17, 15) is 5.11 Å². The third-order valence-corrected chi connectivity index (χ3v) is 2.30. The van der Waals surface area contributed by atoms with Crippen LogP contribution >= 0.6 is 12.6 Å². The molecule has 0 aliphatic rings. The van der Waals surface area contributed by atoms with E-state index in [1.807, 2.05) is 31.2 Å². The quantitative estimate of drug-likeness (QED) is 0.688. The molecule has 12 heavy (non-hydrogen) atoms. The second-order valence-electron chi connectivity index (χ2n) is 2.82. The van der Waals surface area contributed by atoms with E-state index in [-0.39, 0.29) is 6.10 Å². The van der Waals surface area contributed by atoms with Gasteiger partial charge in [-0.3, -0.25) is 0 Å². The Labute approximate surface area is 78.8 Å². The molecule has 0 saturated carbocycles. The normalized spacial score (nSPS) is 12.9. The maximum Gasteiger partial charge on any atom is 0.0787 e. The topological polar surface area (TPSA) is 20.2 Å². The Balaban J connectivity index is 2.77. The van der Waals surface area contributed by atoms with Gasteiger partial charge in [-0.2, -0.15) is 12.6 Å². The first-order valence-electron chi connectivity index (χ1n) is 4.15. The highest BCUT2D eigenvalue weighted by molar-refractivity contribution is 7.79. The van der Waals surface area contributed by atoms with Crippen molar-refractivity contribution in [3.63, 3.8) is 0 Å². The van der Waals surface area contributed by atoms with Crippen LogP contribution in [0.4, 0.5) is 0 Å². The first-order valence-corrected chi connectivity index (χ1v) is 4.79. The summed E-state index contributed by atoms with van der Waals surface area (Å²) >= 11 is 4.16. The van der Waals surface area contributed by atoms with E-state index < -0.39 is 0 Å². The van der Waals surface area contributed by atoms with Crippen LogP contribution in [0, 0.1) is 0 Å². The second-order valence-corrected chi connectivity index (χ2v) is 3.14. The van der Waals surface area contributed by atoms with Crippen molar-refractivity contribution < 1.29 is 5.11 Å². The van der Waals surface area contributed by atoms with Gasteiger partial charge in [-0.1, -0.05) is 31.2 Å². The van der Waals surface area contributed by atoms with Crippen LogP contribution in [-0.2, 0) is 5.75 Å². The van der Waals surface area contributed by atoms with Gasteiger partial charge in [0, 0.05) is 5.75 Å². The van der Waals surface area contributed by atoms with E-state index in [1.54, 1.807) is 0 Å². The molecule has 1 unspecified atom stereocenters. The van der Waals surface area contributed by atoms with Crippen molar-refractivity contribution in [1.82, 2.24) is 0 Å². The van der Waals surface area contributed by atoms with Crippen molar-refractivity contribution in [3.8, 4) is 0 Å². The van der Waals surface area contributed by atoms with Crippen LogP contribution in [0.5, 0.6) is 0 Å². The predicted molar refractivity (Wildman–Crippen MR) is 54.4 cm³/mol. The Kier molecular flexibility index (Phi) is 3.63. The van der Waals surface area contributed by atoms with E-state index in [1.165, 1.54) is 5.56 Å². The van der Waals surface area contributed by atoms with E-state index in [0.29, 0.717) is 0 Å². The third-order valence-electron chi connectivity index (χ3n) is 1.93. The van der Waals surface area contributed by atoms with Crippen LogP contribution < -0.4 is 0 Å². The smallest absolute Gasteiger partial charge is 0.0787 e. The Morgan fingerprint density at radius 3 is 2.33 bits per heavy atom. The van der Waals surface area contributed by atoms with Crippen molar-refractivity contribution in [2.75, 3.05) is 0 Å². The molecular formula is C10H14OS. The molecule has 0 bridgehead atoms. The molecule has 1 N–H and O–H groups in total. The molecule has 0 aliphatic carbocycles. The SMILES string of the molecule is CCC(O)c1ccc(CS)cc1. The van der Waals surface area contributed by atoms with Gasteiger partial charge >= 0.3 is 0 Å². The highest BCUT2D eigenvalue weighted by Crippen LogP contribution is 2.16. The van der Waals surface area contributed by atoms with Gasteiger partial charge in [0.15, 0.2) is 0 Å². The minimum absolute atomic E-state index is 0.320. The third kappa shape index (κ3) is 2.26. The van der Waals surface area contributed by atoms with Crippen molar-refractivity contribution in [2.24, 2.45) is 0 Å². The van der Waals surface area contributed by atoms with Crippen LogP contribution in [-0.4, -0.2) is 5.11 Å². The molecule has 0 saturated heterocycles. The van der Waals surface area contributed by atoms with E-state index in [4.69, 9.17) is 0 Å². The number of hydrogen-bond donors (Lipinski definition) is 2. The average Bonchev–Trinajstić information content (AvgIpc) is 2.17. The average molecular weight is 182 g/mol. The van der Waals surface area contributed by atoms with Crippen LogP contribution in [0.3, 0.4) is 0 Å². The number of rotatable bonds is 3.